The van der Waals surface area contributed by atoms with Crippen molar-refractivity contribution < 1.29 is 4.74 Å². The molecule has 0 aliphatic carbocycles. The summed E-state index contributed by atoms with van der Waals surface area (Å²) in [5.41, 5.74) is 2.11. The fourth-order valence-corrected chi connectivity index (χ4v) is 3.20. The first-order valence-electron chi connectivity index (χ1n) is 8.06. The molecule has 4 rings (SSSR count). The van der Waals surface area contributed by atoms with E-state index in [2.05, 4.69) is 43.1 Å². The Balaban J connectivity index is 1.56. The Morgan fingerprint density at radius 3 is 2.58 bits per heavy atom. The second kappa shape index (κ2) is 5.99. The molecule has 1 aromatic carbocycles. The zero-order valence-corrected chi connectivity index (χ0v) is 13.9. The van der Waals surface area contributed by atoms with Crippen molar-refractivity contribution in [2.75, 3.05) is 43.1 Å². The first-order valence-corrected chi connectivity index (χ1v) is 8.06. The monoisotopic (exact) mass is 324 g/mol. The van der Waals surface area contributed by atoms with E-state index < -0.39 is 0 Å². The van der Waals surface area contributed by atoms with Crippen LogP contribution in [0.25, 0.3) is 5.78 Å². The molecule has 7 nitrogen and oxygen atoms in total. The van der Waals surface area contributed by atoms with Crippen LogP contribution < -0.4 is 14.5 Å². The topological polar surface area (TPSA) is 58.8 Å². The highest BCUT2D eigenvalue weighted by molar-refractivity contribution is 5.59. The number of hydrogen-bond acceptors (Lipinski definition) is 6. The molecule has 0 unspecified atom stereocenters. The molecule has 24 heavy (non-hydrogen) atoms. The third kappa shape index (κ3) is 2.51. The molecule has 1 aliphatic heterocycles. The molecule has 0 amide bonds. The number of benzene rings is 1. The lowest BCUT2D eigenvalue weighted by Gasteiger charge is -2.37. The third-order valence-electron chi connectivity index (χ3n) is 4.39. The minimum absolute atomic E-state index is 0.650. The third-order valence-corrected chi connectivity index (χ3v) is 4.39. The van der Waals surface area contributed by atoms with Gasteiger partial charge < -0.3 is 14.5 Å². The van der Waals surface area contributed by atoms with Gasteiger partial charge >= 0.3 is 0 Å². The van der Waals surface area contributed by atoms with Crippen LogP contribution in [-0.4, -0.2) is 52.9 Å². The lowest BCUT2D eigenvalue weighted by molar-refractivity contribution is 0.413. The summed E-state index contributed by atoms with van der Waals surface area (Å²) in [7, 11) is 1.72. The molecule has 1 aliphatic rings. The second-order valence-electron chi connectivity index (χ2n) is 5.87. The summed E-state index contributed by atoms with van der Waals surface area (Å²) in [5, 5.41) is 4.31. The minimum Gasteiger partial charge on any atom is -0.495 e. The van der Waals surface area contributed by atoms with Crippen molar-refractivity contribution in [2.24, 2.45) is 0 Å². The highest BCUT2D eigenvalue weighted by Gasteiger charge is 2.22. The summed E-state index contributed by atoms with van der Waals surface area (Å²) >= 11 is 0. The molecule has 1 fully saturated rings. The zero-order valence-electron chi connectivity index (χ0n) is 13.9. The Bertz CT molecular complexity index is 853. The van der Waals surface area contributed by atoms with E-state index in [-0.39, 0.29) is 0 Å². The largest absolute Gasteiger partial charge is 0.495 e. The summed E-state index contributed by atoms with van der Waals surface area (Å²) in [4.78, 5) is 13.3. The summed E-state index contributed by atoms with van der Waals surface area (Å²) in [5.74, 6) is 2.62. The van der Waals surface area contributed by atoms with E-state index in [9.17, 15) is 0 Å². The van der Waals surface area contributed by atoms with Gasteiger partial charge in [0, 0.05) is 37.9 Å². The quantitative estimate of drug-likeness (QED) is 0.732. The van der Waals surface area contributed by atoms with E-state index in [4.69, 9.17) is 4.74 Å². The summed E-state index contributed by atoms with van der Waals surface area (Å²) in [6.45, 7) is 5.67. The van der Waals surface area contributed by atoms with Crippen LogP contribution in [0.4, 0.5) is 11.5 Å². The average molecular weight is 324 g/mol. The van der Waals surface area contributed by atoms with Gasteiger partial charge in [-0.2, -0.15) is 14.6 Å². The number of anilines is 2. The highest BCUT2D eigenvalue weighted by atomic mass is 16.5. The molecule has 3 heterocycles. The lowest BCUT2D eigenvalue weighted by Crippen LogP contribution is -2.47. The van der Waals surface area contributed by atoms with Crippen molar-refractivity contribution in [3.8, 4) is 5.75 Å². The van der Waals surface area contributed by atoms with Crippen LogP contribution >= 0.6 is 0 Å². The Kier molecular flexibility index (Phi) is 3.68. The van der Waals surface area contributed by atoms with E-state index in [1.807, 2.05) is 23.6 Å². The van der Waals surface area contributed by atoms with Gasteiger partial charge in [-0.25, -0.2) is 4.98 Å². The van der Waals surface area contributed by atoms with E-state index in [0.717, 1.165) is 49.1 Å². The van der Waals surface area contributed by atoms with Gasteiger partial charge in [-0.15, -0.1) is 0 Å². The Morgan fingerprint density at radius 2 is 1.79 bits per heavy atom. The predicted octanol–water partition coefficient (Wildman–Crippen LogP) is 1.77. The van der Waals surface area contributed by atoms with Crippen LogP contribution in [0.15, 0.2) is 36.7 Å². The maximum atomic E-state index is 5.49. The number of rotatable bonds is 3. The number of para-hydroxylation sites is 2. The van der Waals surface area contributed by atoms with Gasteiger partial charge in [-0.3, -0.25) is 0 Å². The number of piperazine rings is 1. The van der Waals surface area contributed by atoms with Crippen LogP contribution in [0.5, 0.6) is 5.75 Å². The SMILES string of the molecule is COc1ccccc1N1CCN(c2cc(C)nc3ncnn23)CC1. The van der Waals surface area contributed by atoms with Crippen LogP contribution in [0.3, 0.4) is 0 Å². The fraction of sp³-hybridized carbons (Fsp3) is 0.353. The normalized spacial score (nSPS) is 15.1. The number of fused-ring (bicyclic) bond motifs is 1. The smallest absolute Gasteiger partial charge is 0.254 e. The molecule has 7 heteroatoms. The van der Waals surface area contributed by atoms with Gasteiger partial charge in [-0.05, 0) is 19.1 Å². The summed E-state index contributed by atoms with van der Waals surface area (Å²) in [6.07, 6.45) is 1.55. The molecule has 0 saturated carbocycles. The van der Waals surface area contributed by atoms with Gasteiger partial charge in [-0.1, -0.05) is 12.1 Å². The van der Waals surface area contributed by atoms with Crippen LogP contribution in [0, 0.1) is 6.92 Å². The number of nitrogens with zero attached hydrogens (tertiary/aromatic N) is 6. The predicted molar refractivity (Wildman–Crippen MR) is 92.9 cm³/mol. The Hall–Kier alpha value is -2.83. The van der Waals surface area contributed by atoms with E-state index in [0.29, 0.717) is 5.78 Å². The molecular weight excluding hydrogens is 304 g/mol. The van der Waals surface area contributed by atoms with Crippen molar-refractivity contribution in [1.82, 2.24) is 19.6 Å². The highest BCUT2D eigenvalue weighted by Crippen LogP contribution is 2.29. The number of hydrogen-bond donors (Lipinski definition) is 0. The number of methoxy groups -OCH3 is 1. The van der Waals surface area contributed by atoms with Crippen molar-refractivity contribution in [3.63, 3.8) is 0 Å². The van der Waals surface area contributed by atoms with Gasteiger partial charge in [0.2, 0.25) is 0 Å². The molecule has 0 spiro atoms. The summed E-state index contributed by atoms with van der Waals surface area (Å²) in [6, 6.07) is 10.2. The fourth-order valence-electron chi connectivity index (χ4n) is 3.20. The Labute approximate surface area is 140 Å². The second-order valence-corrected chi connectivity index (χ2v) is 5.87. The van der Waals surface area contributed by atoms with E-state index >= 15 is 0 Å². The van der Waals surface area contributed by atoms with Crippen molar-refractivity contribution in [1.29, 1.82) is 0 Å². The minimum atomic E-state index is 0.650. The molecule has 124 valence electrons. The average Bonchev–Trinajstić information content (AvgIpc) is 3.09. The molecule has 0 N–H and O–H groups in total. The molecular formula is C17H20N6O. The van der Waals surface area contributed by atoms with Crippen molar-refractivity contribution in [3.05, 3.63) is 42.4 Å². The standard InChI is InChI=1S/C17H20N6O/c1-13-11-16(23-17(20-13)18-12-19-23)22-9-7-21(8-10-22)14-5-3-4-6-15(14)24-2/h3-6,11-12H,7-10H2,1-2H3. The molecule has 0 bridgehead atoms. The van der Waals surface area contributed by atoms with Crippen LogP contribution in [-0.2, 0) is 0 Å². The molecule has 0 atom stereocenters. The first-order chi connectivity index (χ1) is 11.8. The van der Waals surface area contributed by atoms with Crippen LogP contribution in [0.1, 0.15) is 5.69 Å². The van der Waals surface area contributed by atoms with Gasteiger partial charge in [0.25, 0.3) is 5.78 Å². The van der Waals surface area contributed by atoms with Crippen LogP contribution in [0.2, 0.25) is 0 Å². The van der Waals surface area contributed by atoms with Gasteiger partial charge in [0.05, 0.1) is 12.8 Å². The molecule has 2 aromatic heterocycles. The Morgan fingerprint density at radius 1 is 1.04 bits per heavy atom. The van der Waals surface area contributed by atoms with Gasteiger partial charge in [0.15, 0.2) is 0 Å². The number of ether oxygens (including phenoxy) is 1. The first kappa shape index (κ1) is 14.7. The van der Waals surface area contributed by atoms with Crippen molar-refractivity contribution >= 4 is 17.3 Å². The summed E-state index contributed by atoms with van der Waals surface area (Å²) < 4.78 is 7.30. The molecule has 1 saturated heterocycles. The zero-order chi connectivity index (χ0) is 16.5. The maximum Gasteiger partial charge on any atom is 0.254 e. The maximum absolute atomic E-state index is 5.49. The van der Waals surface area contributed by atoms with Gasteiger partial charge in [0.1, 0.15) is 17.9 Å². The van der Waals surface area contributed by atoms with E-state index in [1.165, 1.54) is 0 Å². The number of aromatic nitrogens is 4. The number of aryl methyl sites for hydroxylation is 1. The lowest BCUT2D eigenvalue weighted by atomic mass is 10.2. The molecule has 3 aromatic rings. The van der Waals surface area contributed by atoms with Crippen molar-refractivity contribution in [2.45, 2.75) is 6.92 Å². The molecule has 0 radical (unpaired) electrons. The van der Waals surface area contributed by atoms with E-state index in [1.54, 1.807) is 13.4 Å².